The highest BCUT2D eigenvalue weighted by Gasteiger charge is 2.37. The van der Waals surface area contributed by atoms with Crippen LogP contribution in [0.5, 0.6) is 0 Å². The lowest BCUT2D eigenvalue weighted by molar-refractivity contribution is -0.143. The highest BCUT2D eigenvalue weighted by atomic mass is 19.4. The van der Waals surface area contributed by atoms with Gasteiger partial charge in [0.2, 0.25) is 0 Å². The molecule has 31 heavy (non-hydrogen) atoms. The topological polar surface area (TPSA) is 82.2 Å². The average molecular weight is 444 g/mol. The molecule has 0 fully saturated rings. The van der Waals surface area contributed by atoms with Gasteiger partial charge in [-0.05, 0) is 29.8 Å². The smallest absolute Gasteiger partial charge is 0.416 e. The number of para-hydroxylation sites is 1. The number of benzene rings is 2. The zero-order valence-electron chi connectivity index (χ0n) is 15.4. The molecule has 5 nitrogen and oxygen atoms in total. The number of hydrogen-bond donors (Lipinski definition) is 3. The molecule has 3 N–H and O–H groups in total. The number of rotatable bonds is 5. The molecule has 3 aromatic rings. The van der Waals surface area contributed by atoms with Crippen molar-refractivity contribution in [2.24, 2.45) is 0 Å². The quantitative estimate of drug-likeness (QED) is 0.502. The molecule has 3 rings (SSSR count). The number of carbonyl (C=O) groups excluding carboxylic acids is 1. The first kappa shape index (κ1) is 22.2. The summed E-state index contributed by atoms with van der Waals surface area (Å²) in [4.78, 5) is 26.9. The molecule has 0 unspecified atom stereocenters. The van der Waals surface area contributed by atoms with E-state index in [2.05, 4.69) is 4.98 Å². The Morgan fingerprint density at radius 1 is 0.968 bits per heavy atom. The Balaban J connectivity index is 1.91. The first-order valence-corrected chi connectivity index (χ1v) is 8.74. The van der Waals surface area contributed by atoms with E-state index in [0.717, 1.165) is 0 Å². The number of H-pyrrole nitrogens is 1. The van der Waals surface area contributed by atoms with Crippen LogP contribution in [0.25, 0.3) is 10.9 Å². The molecule has 0 radical (unpaired) electrons. The Morgan fingerprint density at radius 2 is 1.55 bits per heavy atom. The number of nitrogens with one attached hydrogen (secondary N) is 2. The second kappa shape index (κ2) is 7.97. The number of hydrogen-bond acceptors (Lipinski definition) is 2. The molecule has 1 aromatic heterocycles. The van der Waals surface area contributed by atoms with Gasteiger partial charge in [-0.3, -0.25) is 4.79 Å². The third-order valence-electron chi connectivity index (χ3n) is 4.55. The molecule has 0 saturated carbocycles. The van der Waals surface area contributed by atoms with E-state index in [1.54, 1.807) is 24.3 Å². The maximum atomic E-state index is 13.0. The zero-order chi connectivity index (χ0) is 23.0. The molecule has 11 heteroatoms. The van der Waals surface area contributed by atoms with Gasteiger partial charge in [0.15, 0.2) is 0 Å². The normalized spacial score (nSPS) is 13.2. The van der Waals surface area contributed by atoms with Crippen molar-refractivity contribution in [2.45, 2.75) is 24.8 Å². The van der Waals surface area contributed by atoms with Crippen LogP contribution < -0.4 is 5.32 Å². The first-order chi connectivity index (χ1) is 14.4. The van der Waals surface area contributed by atoms with E-state index in [9.17, 15) is 41.0 Å². The molecular weight excluding hydrogens is 430 g/mol. The van der Waals surface area contributed by atoms with Gasteiger partial charge in [0.25, 0.3) is 5.91 Å². The predicted octanol–water partition coefficient (Wildman–Crippen LogP) is 4.63. The van der Waals surface area contributed by atoms with Crippen LogP contribution in [0.3, 0.4) is 0 Å². The average Bonchev–Trinajstić information content (AvgIpc) is 3.08. The van der Waals surface area contributed by atoms with Gasteiger partial charge >= 0.3 is 18.3 Å². The summed E-state index contributed by atoms with van der Waals surface area (Å²) in [6.07, 6.45) is -8.99. The molecule has 2 aromatic carbocycles. The number of fused-ring (bicyclic) bond motifs is 1. The lowest BCUT2D eigenvalue weighted by Gasteiger charge is -2.17. The zero-order valence-corrected chi connectivity index (χ0v) is 15.4. The molecule has 1 heterocycles. The lowest BCUT2D eigenvalue weighted by Crippen LogP contribution is -2.42. The third-order valence-corrected chi connectivity index (χ3v) is 4.55. The van der Waals surface area contributed by atoms with Crippen LogP contribution in [-0.4, -0.2) is 28.0 Å². The number of alkyl halides is 6. The summed E-state index contributed by atoms with van der Waals surface area (Å²) in [5.74, 6) is -2.87. The van der Waals surface area contributed by atoms with E-state index < -0.39 is 47.0 Å². The van der Waals surface area contributed by atoms with Crippen LogP contribution in [-0.2, 0) is 23.6 Å². The van der Waals surface area contributed by atoms with Crippen molar-refractivity contribution in [2.75, 3.05) is 0 Å². The van der Waals surface area contributed by atoms with Crippen molar-refractivity contribution in [3.05, 3.63) is 70.9 Å². The van der Waals surface area contributed by atoms with Gasteiger partial charge in [-0.2, -0.15) is 26.3 Å². The fraction of sp³-hybridized carbons (Fsp3) is 0.200. The Morgan fingerprint density at radius 3 is 2.10 bits per heavy atom. The van der Waals surface area contributed by atoms with Gasteiger partial charge in [0.05, 0.1) is 11.1 Å². The fourth-order valence-corrected chi connectivity index (χ4v) is 3.05. The molecule has 1 amide bonds. The van der Waals surface area contributed by atoms with Crippen LogP contribution in [0.15, 0.2) is 48.7 Å². The maximum Gasteiger partial charge on any atom is 0.416 e. The first-order valence-electron chi connectivity index (χ1n) is 8.74. The van der Waals surface area contributed by atoms with E-state index >= 15 is 0 Å². The molecule has 1 atom stereocenters. The van der Waals surface area contributed by atoms with Crippen LogP contribution in [0.2, 0.25) is 0 Å². The van der Waals surface area contributed by atoms with Crippen molar-refractivity contribution in [1.82, 2.24) is 10.3 Å². The van der Waals surface area contributed by atoms with E-state index in [0.29, 0.717) is 16.5 Å². The number of amides is 1. The predicted molar refractivity (Wildman–Crippen MR) is 97.3 cm³/mol. The molecule has 0 aliphatic carbocycles. The fourth-order valence-electron chi connectivity index (χ4n) is 3.05. The standard InChI is InChI=1S/C20H14F6N2O3/c21-19(22,23)12-5-10(6-13(8-12)20(24,25)26)17(29)28-16(18(30)31)7-11-9-27-15-4-2-1-3-14(11)15/h1-6,8-9,16,27H,7H2,(H,28,29)(H,30,31)/t16-/m1/s1. The SMILES string of the molecule is O=C(N[C@H](Cc1c[nH]c2ccccc12)C(=O)O)c1cc(C(F)(F)F)cc(C(F)(F)F)c1. The maximum absolute atomic E-state index is 13.0. The minimum absolute atomic E-state index is 0.114. The summed E-state index contributed by atoms with van der Waals surface area (Å²) >= 11 is 0. The van der Waals surface area contributed by atoms with Gasteiger partial charge < -0.3 is 15.4 Å². The molecule has 0 aliphatic heterocycles. The molecular formula is C20H14F6N2O3. The van der Waals surface area contributed by atoms with Crippen LogP contribution in [0.1, 0.15) is 27.0 Å². The Bertz CT molecular complexity index is 1100. The van der Waals surface area contributed by atoms with Gasteiger partial charge in [-0.15, -0.1) is 0 Å². The lowest BCUT2D eigenvalue weighted by atomic mass is 10.0. The molecule has 0 bridgehead atoms. The second-order valence-corrected chi connectivity index (χ2v) is 6.72. The number of aliphatic carboxylic acids is 1. The van der Waals surface area contributed by atoms with E-state index in [-0.39, 0.29) is 24.6 Å². The van der Waals surface area contributed by atoms with Crippen LogP contribution in [0, 0.1) is 0 Å². The highest BCUT2D eigenvalue weighted by Crippen LogP contribution is 2.36. The summed E-state index contributed by atoms with van der Waals surface area (Å²) < 4.78 is 78.0. The number of carboxylic acid groups (broad SMARTS) is 1. The van der Waals surface area contributed by atoms with Crippen molar-refractivity contribution < 1.29 is 41.0 Å². The van der Waals surface area contributed by atoms with Gasteiger partial charge in [0, 0.05) is 29.1 Å². The van der Waals surface area contributed by atoms with Gasteiger partial charge in [-0.25, -0.2) is 4.79 Å². The van der Waals surface area contributed by atoms with Gasteiger partial charge in [0.1, 0.15) is 6.04 Å². The number of aromatic amines is 1. The van der Waals surface area contributed by atoms with Crippen molar-refractivity contribution in [3.8, 4) is 0 Å². The molecule has 164 valence electrons. The number of carboxylic acids is 1. The van der Waals surface area contributed by atoms with Crippen molar-refractivity contribution in [3.63, 3.8) is 0 Å². The Labute approximate surface area is 170 Å². The van der Waals surface area contributed by atoms with E-state index in [1.165, 1.54) is 6.20 Å². The number of carbonyl (C=O) groups is 2. The third kappa shape index (κ3) is 4.98. The van der Waals surface area contributed by atoms with E-state index in [4.69, 9.17) is 0 Å². The van der Waals surface area contributed by atoms with Crippen LogP contribution >= 0.6 is 0 Å². The van der Waals surface area contributed by atoms with Gasteiger partial charge in [-0.1, -0.05) is 18.2 Å². The highest BCUT2D eigenvalue weighted by molar-refractivity contribution is 5.97. The molecule has 0 aliphatic rings. The minimum atomic E-state index is -5.13. The van der Waals surface area contributed by atoms with Crippen LogP contribution in [0.4, 0.5) is 26.3 Å². The monoisotopic (exact) mass is 444 g/mol. The second-order valence-electron chi connectivity index (χ2n) is 6.72. The number of halogens is 6. The summed E-state index contributed by atoms with van der Waals surface area (Å²) in [6.45, 7) is 0. The summed E-state index contributed by atoms with van der Waals surface area (Å²) in [5.41, 5.74) is -3.09. The largest absolute Gasteiger partial charge is 0.480 e. The Kier molecular flexibility index (Phi) is 5.70. The molecule has 0 saturated heterocycles. The van der Waals surface area contributed by atoms with Crippen molar-refractivity contribution >= 4 is 22.8 Å². The van der Waals surface area contributed by atoms with Crippen molar-refractivity contribution in [1.29, 1.82) is 0 Å². The summed E-state index contributed by atoms with van der Waals surface area (Å²) in [5, 5.41) is 12.1. The summed E-state index contributed by atoms with van der Waals surface area (Å²) in [6, 6.07) is 5.66. The molecule has 0 spiro atoms. The minimum Gasteiger partial charge on any atom is -0.480 e. The summed E-state index contributed by atoms with van der Waals surface area (Å²) in [7, 11) is 0. The Hall–Kier alpha value is -3.50. The van der Waals surface area contributed by atoms with E-state index in [1.807, 2.05) is 5.32 Å². The number of aromatic nitrogens is 1.